The van der Waals surface area contributed by atoms with Gasteiger partial charge in [-0.3, -0.25) is 0 Å². The van der Waals surface area contributed by atoms with E-state index in [1.165, 1.54) is 10.6 Å². The summed E-state index contributed by atoms with van der Waals surface area (Å²) in [5.41, 5.74) is 8.52. The number of nitrogens with zero attached hydrogens (tertiary/aromatic N) is 1. The van der Waals surface area contributed by atoms with Crippen molar-refractivity contribution in [3.8, 4) is 5.75 Å². The lowest BCUT2D eigenvalue weighted by Crippen LogP contribution is -2.33. The summed E-state index contributed by atoms with van der Waals surface area (Å²) in [6, 6.07) is 5.62. The molecule has 1 aliphatic rings. The van der Waals surface area contributed by atoms with Crippen LogP contribution < -0.4 is 10.5 Å². The largest absolute Gasteiger partial charge is 0.495 e. The molecule has 1 aliphatic heterocycles. The molecule has 0 bridgehead atoms. The fraction of sp³-hybridized carbons (Fsp3) is 0.385. The van der Waals surface area contributed by atoms with Gasteiger partial charge < -0.3 is 10.5 Å². The number of methoxy groups -OCH3 is 1. The first-order chi connectivity index (χ1) is 8.91. The number of rotatable bonds is 3. The number of sulfonamides is 1. The highest BCUT2D eigenvalue weighted by molar-refractivity contribution is 7.88. The van der Waals surface area contributed by atoms with Crippen LogP contribution in [-0.4, -0.2) is 39.2 Å². The molecule has 0 fully saturated rings. The zero-order valence-corrected chi connectivity index (χ0v) is 11.9. The fourth-order valence-electron chi connectivity index (χ4n) is 2.12. The second-order valence-corrected chi connectivity index (χ2v) is 6.54. The van der Waals surface area contributed by atoms with Crippen molar-refractivity contribution in [2.24, 2.45) is 0 Å². The summed E-state index contributed by atoms with van der Waals surface area (Å²) < 4.78 is 29.5. The van der Waals surface area contributed by atoms with Crippen molar-refractivity contribution in [1.29, 1.82) is 0 Å². The molecule has 0 aliphatic carbocycles. The molecule has 1 aromatic rings. The number of anilines is 1. The minimum absolute atomic E-state index is 0.418. The van der Waals surface area contributed by atoms with Crippen molar-refractivity contribution < 1.29 is 13.2 Å². The molecule has 1 heterocycles. The Labute approximate surface area is 113 Å². The van der Waals surface area contributed by atoms with Gasteiger partial charge >= 0.3 is 0 Å². The molecule has 19 heavy (non-hydrogen) atoms. The molecule has 0 spiro atoms. The van der Waals surface area contributed by atoms with Crippen molar-refractivity contribution in [3.63, 3.8) is 0 Å². The molecule has 6 heteroatoms. The molecule has 2 N–H and O–H groups in total. The first kappa shape index (κ1) is 13.9. The highest BCUT2D eigenvalue weighted by Gasteiger charge is 2.20. The van der Waals surface area contributed by atoms with Gasteiger partial charge in [-0.2, -0.15) is 4.31 Å². The van der Waals surface area contributed by atoms with Gasteiger partial charge in [0.05, 0.1) is 19.1 Å². The lowest BCUT2D eigenvalue weighted by Gasteiger charge is -2.24. The first-order valence-electron chi connectivity index (χ1n) is 6.00. The Kier molecular flexibility index (Phi) is 3.82. The van der Waals surface area contributed by atoms with Crippen LogP contribution in [-0.2, 0) is 10.0 Å². The Morgan fingerprint density at radius 3 is 2.63 bits per heavy atom. The van der Waals surface area contributed by atoms with Crippen molar-refractivity contribution in [3.05, 3.63) is 29.8 Å². The van der Waals surface area contributed by atoms with Gasteiger partial charge in [0.2, 0.25) is 10.0 Å². The van der Waals surface area contributed by atoms with Crippen molar-refractivity contribution in [2.75, 3.05) is 32.2 Å². The summed E-state index contributed by atoms with van der Waals surface area (Å²) >= 11 is 0. The van der Waals surface area contributed by atoms with Crippen LogP contribution in [0.5, 0.6) is 5.75 Å². The van der Waals surface area contributed by atoms with Gasteiger partial charge in [-0.1, -0.05) is 12.1 Å². The van der Waals surface area contributed by atoms with Crippen LogP contribution in [0.25, 0.3) is 5.57 Å². The number of benzene rings is 1. The molecule has 0 amide bonds. The Balaban J connectivity index is 2.23. The number of hydrogen-bond acceptors (Lipinski definition) is 4. The summed E-state index contributed by atoms with van der Waals surface area (Å²) in [5.74, 6) is 0.643. The van der Waals surface area contributed by atoms with E-state index >= 15 is 0 Å². The zero-order valence-electron chi connectivity index (χ0n) is 11.1. The number of hydrogen-bond donors (Lipinski definition) is 1. The van der Waals surface area contributed by atoms with Crippen LogP contribution in [0.2, 0.25) is 0 Å². The monoisotopic (exact) mass is 282 g/mol. The second kappa shape index (κ2) is 5.22. The average molecular weight is 282 g/mol. The van der Waals surface area contributed by atoms with Gasteiger partial charge in [0, 0.05) is 13.1 Å². The van der Waals surface area contributed by atoms with Crippen LogP contribution in [0.4, 0.5) is 5.69 Å². The van der Waals surface area contributed by atoms with E-state index in [4.69, 9.17) is 10.5 Å². The third-order valence-electron chi connectivity index (χ3n) is 3.25. The average Bonchev–Trinajstić information content (AvgIpc) is 2.38. The van der Waals surface area contributed by atoms with Crippen LogP contribution in [0, 0.1) is 0 Å². The van der Waals surface area contributed by atoms with Crippen LogP contribution >= 0.6 is 0 Å². The molecule has 0 aromatic heterocycles. The maximum atomic E-state index is 11.4. The van der Waals surface area contributed by atoms with Gasteiger partial charge in [0.1, 0.15) is 5.75 Å². The van der Waals surface area contributed by atoms with Gasteiger partial charge in [-0.05, 0) is 29.7 Å². The summed E-state index contributed by atoms with van der Waals surface area (Å²) in [5, 5.41) is 0. The number of nitrogen functional groups attached to an aromatic ring is 1. The minimum Gasteiger partial charge on any atom is -0.495 e. The lowest BCUT2D eigenvalue weighted by atomic mass is 10.00. The van der Waals surface area contributed by atoms with Crippen molar-refractivity contribution >= 4 is 21.3 Å². The fourth-order valence-corrected chi connectivity index (χ4v) is 2.89. The molecule has 0 atom stereocenters. The van der Waals surface area contributed by atoms with E-state index in [-0.39, 0.29) is 0 Å². The Morgan fingerprint density at radius 1 is 1.37 bits per heavy atom. The maximum absolute atomic E-state index is 11.4. The Morgan fingerprint density at radius 2 is 2.11 bits per heavy atom. The summed E-state index contributed by atoms with van der Waals surface area (Å²) in [6.45, 7) is 0.929. The highest BCUT2D eigenvalue weighted by atomic mass is 32.2. The molecule has 2 rings (SSSR count). The van der Waals surface area contributed by atoms with E-state index < -0.39 is 10.0 Å². The lowest BCUT2D eigenvalue weighted by molar-refractivity contribution is 0.416. The zero-order chi connectivity index (χ0) is 14.0. The SMILES string of the molecule is COc1cc(C2=CCN(S(C)(=O)=O)CC2)ccc1N. The molecule has 1 aromatic carbocycles. The molecule has 0 saturated carbocycles. The van der Waals surface area contributed by atoms with E-state index in [1.807, 2.05) is 18.2 Å². The summed E-state index contributed by atoms with van der Waals surface area (Å²) in [6.07, 6.45) is 3.87. The van der Waals surface area contributed by atoms with Gasteiger partial charge in [0.15, 0.2) is 0 Å². The molecule has 104 valence electrons. The molecular weight excluding hydrogens is 264 g/mol. The smallest absolute Gasteiger partial charge is 0.211 e. The quantitative estimate of drug-likeness (QED) is 0.849. The van der Waals surface area contributed by atoms with Crippen LogP contribution in [0.1, 0.15) is 12.0 Å². The van der Waals surface area contributed by atoms with E-state index in [9.17, 15) is 8.42 Å². The third kappa shape index (κ3) is 3.08. The van der Waals surface area contributed by atoms with Gasteiger partial charge in [0.25, 0.3) is 0 Å². The molecule has 0 saturated heterocycles. The van der Waals surface area contributed by atoms with E-state index in [0.717, 1.165) is 11.1 Å². The van der Waals surface area contributed by atoms with Crippen molar-refractivity contribution in [1.82, 2.24) is 4.31 Å². The van der Waals surface area contributed by atoms with Gasteiger partial charge in [-0.25, -0.2) is 8.42 Å². The van der Waals surface area contributed by atoms with Gasteiger partial charge in [-0.15, -0.1) is 0 Å². The standard InChI is InChI=1S/C13H18N2O3S/c1-18-13-9-11(3-4-12(13)14)10-5-7-15(8-6-10)19(2,16)17/h3-5,9H,6-8,14H2,1-2H3. The number of ether oxygens (including phenoxy) is 1. The molecule has 0 unspecified atom stereocenters. The first-order valence-corrected chi connectivity index (χ1v) is 7.84. The normalized spacial score (nSPS) is 17.1. The molecular formula is C13H18N2O3S. The molecule has 0 radical (unpaired) electrons. The van der Waals surface area contributed by atoms with E-state index in [0.29, 0.717) is 30.9 Å². The number of nitrogens with two attached hydrogens (primary N) is 1. The molecule has 5 nitrogen and oxygen atoms in total. The predicted molar refractivity (Wildman–Crippen MR) is 76.4 cm³/mol. The Bertz CT molecular complexity index is 608. The topological polar surface area (TPSA) is 72.6 Å². The third-order valence-corrected chi connectivity index (χ3v) is 4.51. The maximum Gasteiger partial charge on any atom is 0.211 e. The van der Waals surface area contributed by atoms with E-state index in [1.54, 1.807) is 13.2 Å². The summed E-state index contributed by atoms with van der Waals surface area (Å²) in [7, 11) is -1.53. The Hall–Kier alpha value is -1.53. The predicted octanol–water partition coefficient (Wildman–Crippen LogP) is 1.33. The summed E-state index contributed by atoms with van der Waals surface area (Å²) in [4.78, 5) is 0. The van der Waals surface area contributed by atoms with Crippen molar-refractivity contribution in [2.45, 2.75) is 6.42 Å². The van der Waals surface area contributed by atoms with E-state index in [2.05, 4.69) is 0 Å². The minimum atomic E-state index is -3.11. The van der Waals surface area contributed by atoms with Crippen LogP contribution in [0.3, 0.4) is 0 Å². The van der Waals surface area contributed by atoms with Crippen LogP contribution in [0.15, 0.2) is 24.3 Å². The highest BCUT2D eigenvalue weighted by Crippen LogP contribution is 2.29. The second-order valence-electron chi connectivity index (χ2n) is 4.56.